The Morgan fingerprint density at radius 3 is 2.41 bits per heavy atom. The van der Waals surface area contributed by atoms with Gasteiger partial charge in [0.1, 0.15) is 11.5 Å². The Morgan fingerprint density at radius 1 is 1.03 bits per heavy atom. The van der Waals surface area contributed by atoms with Gasteiger partial charge in [-0.15, -0.1) is 0 Å². The number of rotatable bonds is 7. The van der Waals surface area contributed by atoms with Crippen LogP contribution in [0.5, 0.6) is 11.5 Å². The molecule has 1 saturated heterocycles. The Labute approximate surface area is 171 Å². The average Bonchev–Trinajstić information content (AvgIpc) is 2.79. The van der Waals surface area contributed by atoms with Gasteiger partial charge in [-0.1, -0.05) is 18.2 Å². The van der Waals surface area contributed by atoms with E-state index >= 15 is 0 Å². The summed E-state index contributed by atoms with van der Waals surface area (Å²) >= 11 is 0. The summed E-state index contributed by atoms with van der Waals surface area (Å²) in [5.74, 6) is 1.60. The summed E-state index contributed by atoms with van der Waals surface area (Å²) in [7, 11) is 3.11. The maximum atomic E-state index is 12.5. The highest BCUT2D eigenvalue weighted by Crippen LogP contribution is 2.25. The Hall–Kier alpha value is -3.02. The molecule has 0 radical (unpaired) electrons. The van der Waals surface area contributed by atoms with E-state index < -0.39 is 0 Å². The van der Waals surface area contributed by atoms with Crippen LogP contribution in [0.15, 0.2) is 48.5 Å². The molecule has 1 aliphatic rings. The smallest absolute Gasteiger partial charge is 0.255 e. The van der Waals surface area contributed by atoms with Crippen LogP contribution in [-0.2, 0) is 0 Å². The molecule has 1 N–H and O–H groups in total. The second kappa shape index (κ2) is 9.96. The third-order valence-electron chi connectivity index (χ3n) is 5.41. The number of carbonyl (C=O) groups excluding carboxylic acids is 2. The van der Waals surface area contributed by atoms with Gasteiger partial charge in [-0.05, 0) is 49.4 Å². The third-order valence-corrected chi connectivity index (χ3v) is 5.41. The predicted octanol–water partition coefficient (Wildman–Crippen LogP) is 3.38. The second-order valence-corrected chi connectivity index (χ2v) is 7.21. The largest absolute Gasteiger partial charge is 0.497 e. The fraction of sp³-hybridized carbons (Fsp3) is 0.391. The first-order chi connectivity index (χ1) is 14.1. The van der Waals surface area contributed by atoms with Crippen molar-refractivity contribution in [2.75, 3.05) is 33.9 Å². The van der Waals surface area contributed by atoms with Crippen LogP contribution in [0.3, 0.4) is 0 Å². The molecule has 0 unspecified atom stereocenters. The molecule has 29 heavy (non-hydrogen) atoms. The molecule has 0 atom stereocenters. The van der Waals surface area contributed by atoms with Crippen molar-refractivity contribution in [2.45, 2.75) is 19.3 Å². The molecule has 0 bridgehead atoms. The van der Waals surface area contributed by atoms with Crippen LogP contribution < -0.4 is 14.8 Å². The van der Waals surface area contributed by atoms with Crippen molar-refractivity contribution in [1.29, 1.82) is 0 Å². The molecule has 1 fully saturated rings. The van der Waals surface area contributed by atoms with Gasteiger partial charge in [0, 0.05) is 31.3 Å². The predicted molar refractivity (Wildman–Crippen MR) is 112 cm³/mol. The normalized spacial score (nSPS) is 14.3. The van der Waals surface area contributed by atoms with Gasteiger partial charge >= 0.3 is 0 Å². The van der Waals surface area contributed by atoms with E-state index in [9.17, 15) is 9.59 Å². The van der Waals surface area contributed by atoms with Crippen molar-refractivity contribution < 1.29 is 19.1 Å². The molecule has 0 spiro atoms. The minimum Gasteiger partial charge on any atom is -0.497 e. The molecule has 2 aromatic rings. The number of nitrogens with zero attached hydrogens (tertiary/aromatic N) is 1. The van der Waals surface area contributed by atoms with Gasteiger partial charge < -0.3 is 19.7 Å². The summed E-state index contributed by atoms with van der Waals surface area (Å²) in [4.78, 5) is 26.9. The van der Waals surface area contributed by atoms with E-state index in [1.54, 1.807) is 25.3 Å². The molecular weight excluding hydrogens is 368 g/mol. The molecule has 2 amide bonds. The lowest BCUT2D eigenvalue weighted by atomic mass is 9.93. The fourth-order valence-electron chi connectivity index (χ4n) is 3.66. The summed E-state index contributed by atoms with van der Waals surface area (Å²) in [6.07, 6.45) is 2.82. The molecule has 0 aliphatic carbocycles. The second-order valence-electron chi connectivity index (χ2n) is 7.21. The minimum atomic E-state index is -0.152. The molecule has 0 aromatic heterocycles. The third kappa shape index (κ3) is 5.28. The first-order valence-electron chi connectivity index (χ1n) is 9.97. The number of hydrogen-bond donors (Lipinski definition) is 1. The number of ether oxygens (including phenoxy) is 2. The molecule has 1 heterocycles. The summed E-state index contributed by atoms with van der Waals surface area (Å²) in [5, 5.41) is 2.98. The average molecular weight is 396 g/mol. The molecule has 1 aliphatic heterocycles. The first kappa shape index (κ1) is 20.7. The van der Waals surface area contributed by atoms with Crippen LogP contribution >= 0.6 is 0 Å². The van der Waals surface area contributed by atoms with Crippen molar-refractivity contribution in [3.8, 4) is 11.5 Å². The highest BCUT2D eigenvalue weighted by atomic mass is 16.5. The Kier molecular flexibility index (Phi) is 7.11. The van der Waals surface area contributed by atoms with E-state index in [1.807, 2.05) is 35.2 Å². The number of benzene rings is 2. The van der Waals surface area contributed by atoms with Gasteiger partial charge in [0.25, 0.3) is 11.8 Å². The minimum absolute atomic E-state index is 0.101. The zero-order valence-electron chi connectivity index (χ0n) is 17.0. The Bertz CT molecular complexity index is 830. The van der Waals surface area contributed by atoms with Crippen LogP contribution in [0.2, 0.25) is 0 Å². The lowest BCUT2D eigenvalue weighted by Gasteiger charge is -2.32. The van der Waals surface area contributed by atoms with Gasteiger partial charge in [0.15, 0.2) is 0 Å². The van der Waals surface area contributed by atoms with Gasteiger partial charge in [0.2, 0.25) is 0 Å². The lowest BCUT2D eigenvalue weighted by Crippen LogP contribution is -2.39. The SMILES string of the molecule is COc1ccc(C(=O)NCCC2CCN(C(=O)c3ccccc3)CC2)c(OC)c1. The van der Waals surface area contributed by atoms with Crippen molar-refractivity contribution in [1.82, 2.24) is 10.2 Å². The molecule has 3 rings (SSSR count). The van der Waals surface area contributed by atoms with Crippen LogP contribution in [0, 0.1) is 5.92 Å². The zero-order valence-corrected chi connectivity index (χ0v) is 17.0. The molecule has 2 aromatic carbocycles. The monoisotopic (exact) mass is 396 g/mol. The number of hydrogen-bond acceptors (Lipinski definition) is 4. The van der Waals surface area contributed by atoms with Crippen molar-refractivity contribution in [3.05, 3.63) is 59.7 Å². The van der Waals surface area contributed by atoms with Crippen LogP contribution in [0.4, 0.5) is 0 Å². The van der Waals surface area contributed by atoms with E-state index in [0.717, 1.165) is 37.9 Å². The lowest BCUT2D eigenvalue weighted by molar-refractivity contribution is 0.0687. The summed E-state index contributed by atoms with van der Waals surface area (Å²) < 4.78 is 10.5. The number of piperidine rings is 1. The quantitative estimate of drug-likeness (QED) is 0.779. The molecule has 154 valence electrons. The van der Waals surface area contributed by atoms with E-state index in [4.69, 9.17) is 9.47 Å². The number of methoxy groups -OCH3 is 2. The topological polar surface area (TPSA) is 67.9 Å². The molecule has 0 saturated carbocycles. The Balaban J connectivity index is 1.44. The summed E-state index contributed by atoms with van der Waals surface area (Å²) in [5.41, 5.74) is 1.24. The van der Waals surface area contributed by atoms with Gasteiger partial charge in [-0.25, -0.2) is 0 Å². The standard InChI is InChI=1S/C23H28N2O4/c1-28-19-8-9-20(21(16-19)29-2)22(26)24-13-10-17-11-14-25(15-12-17)23(27)18-6-4-3-5-7-18/h3-9,16-17H,10-15H2,1-2H3,(H,24,26). The van der Waals surface area contributed by atoms with Crippen LogP contribution in [0.1, 0.15) is 40.0 Å². The van der Waals surface area contributed by atoms with E-state index in [-0.39, 0.29) is 11.8 Å². The highest BCUT2D eigenvalue weighted by molar-refractivity contribution is 5.97. The van der Waals surface area contributed by atoms with E-state index in [0.29, 0.717) is 29.5 Å². The maximum absolute atomic E-state index is 12.5. The van der Waals surface area contributed by atoms with Crippen molar-refractivity contribution >= 4 is 11.8 Å². The summed E-state index contributed by atoms with van der Waals surface area (Å²) in [6.45, 7) is 2.13. The maximum Gasteiger partial charge on any atom is 0.255 e. The van der Waals surface area contributed by atoms with Gasteiger partial charge in [0.05, 0.1) is 19.8 Å². The van der Waals surface area contributed by atoms with Crippen molar-refractivity contribution in [3.63, 3.8) is 0 Å². The Morgan fingerprint density at radius 2 is 1.76 bits per heavy atom. The molecule has 6 heteroatoms. The number of nitrogens with one attached hydrogen (secondary N) is 1. The number of amides is 2. The van der Waals surface area contributed by atoms with Crippen LogP contribution in [-0.4, -0.2) is 50.6 Å². The van der Waals surface area contributed by atoms with Gasteiger partial charge in [-0.3, -0.25) is 9.59 Å². The fourth-order valence-corrected chi connectivity index (χ4v) is 3.66. The summed E-state index contributed by atoms with van der Waals surface area (Å²) in [6, 6.07) is 14.6. The molecule has 6 nitrogen and oxygen atoms in total. The zero-order chi connectivity index (χ0) is 20.6. The number of carbonyl (C=O) groups is 2. The van der Waals surface area contributed by atoms with E-state index in [1.165, 1.54) is 7.11 Å². The van der Waals surface area contributed by atoms with Gasteiger partial charge in [-0.2, -0.15) is 0 Å². The first-order valence-corrected chi connectivity index (χ1v) is 9.97. The molecular formula is C23H28N2O4. The highest BCUT2D eigenvalue weighted by Gasteiger charge is 2.23. The number of likely N-dealkylation sites (tertiary alicyclic amines) is 1. The van der Waals surface area contributed by atoms with Crippen LogP contribution in [0.25, 0.3) is 0 Å². The van der Waals surface area contributed by atoms with Crippen molar-refractivity contribution in [2.24, 2.45) is 5.92 Å². The van der Waals surface area contributed by atoms with E-state index in [2.05, 4.69) is 5.32 Å².